The number of benzene rings is 1. The predicted molar refractivity (Wildman–Crippen MR) is 65.1 cm³/mol. The minimum atomic E-state index is -1.17. The van der Waals surface area contributed by atoms with Crippen molar-refractivity contribution >= 4 is 23.5 Å². The summed E-state index contributed by atoms with van der Waals surface area (Å²) in [6.45, 7) is 0. The van der Waals surface area contributed by atoms with Gasteiger partial charge in [0, 0.05) is 5.69 Å². The fourth-order valence-corrected chi connectivity index (χ4v) is 4.29. The van der Waals surface area contributed by atoms with Gasteiger partial charge >= 0.3 is 6.09 Å². The van der Waals surface area contributed by atoms with Crippen molar-refractivity contribution < 1.29 is 14.3 Å². The largest absolute Gasteiger partial charge is 0.465 e. The Labute approximate surface area is 102 Å². The molecule has 90 valence electrons. The molecule has 2 N–H and O–H groups in total. The number of nitrogens with one attached hydrogen (secondary N) is 1. The van der Waals surface area contributed by atoms with Crippen LogP contribution in [0.1, 0.15) is 11.5 Å². The van der Waals surface area contributed by atoms with E-state index in [4.69, 9.17) is 5.11 Å². The van der Waals surface area contributed by atoms with Crippen molar-refractivity contribution in [2.75, 3.05) is 16.8 Å². The van der Waals surface area contributed by atoms with Gasteiger partial charge in [0.05, 0.1) is 0 Å². The van der Waals surface area contributed by atoms with Gasteiger partial charge in [-0.05, 0) is 47.0 Å². The van der Waals surface area contributed by atoms with Crippen molar-refractivity contribution in [1.82, 2.24) is 0 Å². The highest BCUT2D eigenvalue weighted by molar-refractivity contribution is 7.99. The molecule has 1 amide bonds. The summed E-state index contributed by atoms with van der Waals surface area (Å²) in [7, 11) is 0. The molecule has 5 heteroatoms. The minimum absolute atomic E-state index is 0.291. The third kappa shape index (κ3) is 1.88. The predicted octanol–water partition coefficient (Wildman–Crippen LogP) is 2.99. The van der Waals surface area contributed by atoms with E-state index in [2.05, 4.69) is 5.32 Å². The first-order valence-corrected chi connectivity index (χ1v) is 6.69. The highest BCUT2D eigenvalue weighted by Gasteiger charge is 2.54. The lowest BCUT2D eigenvalue weighted by Crippen LogP contribution is -2.07. The zero-order valence-electron chi connectivity index (χ0n) is 9.02. The summed E-state index contributed by atoms with van der Waals surface area (Å²) in [6.07, 6.45) is -1.17. The highest BCUT2D eigenvalue weighted by atomic mass is 32.2. The number of hydrogen-bond donors (Lipinski definition) is 2. The Morgan fingerprint density at radius 2 is 2.12 bits per heavy atom. The number of rotatable bonds is 2. The Hall–Kier alpha value is -1.23. The summed E-state index contributed by atoms with van der Waals surface area (Å²) in [6, 6.07) is 4.62. The van der Waals surface area contributed by atoms with Crippen molar-refractivity contribution in [2.24, 2.45) is 11.8 Å². The Balaban J connectivity index is 1.80. The van der Waals surface area contributed by atoms with Gasteiger partial charge in [-0.15, -0.1) is 0 Å². The van der Waals surface area contributed by atoms with Crippen molar-refractivity contribution in [2.45, 2.75) is 5.92 Å². The van der Waals surface area contributed by atoms with E-state index in [1.54, 1.807) is 12.1 Å². The van der Waals surface area contributed by atoms with Crippen LogP contribution in [0.2, 0.25) is 0 Å². The van der Waals surface area contributed by atoms with Gasteiger partial charge in [0.1, 0.15) is 5.82 Å². The van der Waals surface area contributed by atoms with Crippen LogP contribution in [0, 0.1) is 17.7 Å². The average molecular weight is 253 g/mol. The van der Waals surface area contributed by atoms with Crippen molar-refractivity contribution in [1.29, 1.82) is 0 Å². The van der Waals surface area contributed by atoms with Gasteiger partial charge in [0.15, 0.2) is 0 Å². The Bertz CT molecular complexity index is 470. The Morgan fingerprint density at radius 1 is 1.41 bits per heavy atom. The van der Waals surface area contributed by atoms with Crippen LogP contribution >= 0.6 is 11.8 Å². The lowest BCUT2D eigenvalue weighted by Gasteiger charge is -2.07. The van der Waals surface area contributed by atoms with Gasteiger partial charge in [0.25, 0.3) is 0 Å². The zero-order valence-corrected chi connectivity index (χ0v) is 9.84. The number of anilines is 1. The summed E-state index contributed by atoms with van der Waals surface area (Å²) in [5.74, 6) is 3.59. The second-order valence-corrected chi connectivity index (χ2v) is 5.63. The van der Waals surface area contributed by atoms with E-state index in [1.807, 2.05) is 11.8 Å². The number of halogens is 1. The van der Waals surface area contributed by atoms with Gasteiger partial charge in [-0.25, -0.2) is 9.18 Å². The normalized spacial score (nSPS) is 29.8. The van der Waals surface area contributed by atoms with Gasteiger partial charge in [-0.3, -0.25) is 5.32 Å². The molecule has 2 aliphatic rings. The molecule has 3 nitrogen and oxygen atoms in total. The first-order valence-electron chi connectivity index (χ1n) is 5.54. The molecule has 0 bridgehead atoms. The van der Waals surface area contributed by atoms with Gasteiger partial charge in [0.2, 0.25) is 0 Å². The van der Waals surface area contributed by atoms with Gasteiger partial charge in [-0.2, -0.15) is 11.8 Å². The van der Waals surface area contributed by atoms with Crippen LogP contribution in [0.3, 0.4) is 0 Å². The van der Waals surface area contributed by atoms with Gasteiger partial charge < -0.3 is 5.11 Å². The number of fused-ring (bicyclic) bond motifs is 1. The number of thioether (sulfide) groups is 1. The van der Waals surface area contributed by atoms with Crippen molar-refractivity contribution in [3.05, 3.63) is 29.6 Å². The zero-order chi connectivity index (χ0) is 12.0. The van der Waals surface area contributed by atoms with Crippen LogP contribution in [-0.2, 0) is 0 Å². The van der Waals surface area contributed by atoms with E-state index in [1.165, 1.54) is 6.07 Å². The molecule has 3 atom stereocenters. The molecule has 1 heterocycles. The molecule has 1 aliphatic heterocycles. The van der Waals surface area contributed by atoms with E-state index in [9.17, 15) is 9.18 Å². The fraction of sp³-hybridized carbons (Fsp3) is 0.417. The maximum atomic E-state index is 13.9. The number of hydrogen-bond acceptors (Lipinski definition) is 2. The summed E-state index contributed by atoms with van der Waals surface area (Å²) in [5, 5.41) is 10.7. The monoisotopic (exact) mass is 253 g/mol. The second-order valence-electron chi connectivity index (χ2n) is 4.56. The molecule has 2 fully saturated rings. The average Bonchev–Trinajstić information content (AvgIpc) is 2.72. The standard InChI is InChI=1S/C12H12FNO2S/c13-10-3-6(14-12(15)16)1-2-7(10)11-8-4-17-5-9(8)11/h1-3,8-9,11,14H,4-5H2,(H,15,16)/t8-,9+,11?. The van der Waals surface area contributed by atoms with Gasteiger partial charge in [-0.1, -0.05) is 6.07 Å². The van der Waals surface area contributed by atoms with Crippen LogP contribution in [0.4, 0.5) is 14.9 Å². The molecule has 0 radical (unpaired) electrons. The number of carboxylic acid groups (broad SMARTS) is 1. The minimum Gasteiger partial charge on any atom is -0.465 e. The van der Waals surface area contributed by atoms with Crippen LogP contribution in [-0.4, -0.2) is 22.7 Å². The van der Waals surface area contributed by atoms with Crippen molar-refractivity contribution in [3.63, 3.8) is 0 Å². The fourth-order valence-electron chi connectivity index (χ4n) is 2.70. The van der Waals surface area contributed by atoms with Crippen LogP contribution in [0.5, 0.6) is 0 Å². The number of amides is 1. The lowest BCUT2D eigenvalue weighted by atomic mass is 10.1. The van der Waals surface area contributed by atoms with Crippen LogP contribution < -0.4 is 5.32 Å². The van der Waals surface area contributed by atoms with E-state index < -0.39 is 6.09 Å². The molecule has 3 rings (SSSR count). The Kier molecular flexibility index (Phi) is 2.50. The summed E-state index contributed by atoms with van der Waals surface area (Å²) < 4.78 is 13.9. The third-order valence-corrected chi connectivity index (χ3v) is 4.80. The van der Waals surface area contributed by atoms with Crippen LogP contribution in [0.25, 0.3) is 0 Å². The van der Waals surface area contributed by atoms with E-state index in [-0.39, 0.29) is 5.82 Å². The smallest absolute Gasteiger partial charge is 0.409 e. The first kappa shape index (κ1) is 10.9. The molecule has 0 aromatic heterocycles. The molecule has 1 saturated carbocycles. The Morgan fingerprint density at radius 3 is 2.71 bits per heavy atom. The molecule has 17 heavy (non-hydrogen) atoms. The molecule has 1 saturated heterocycles. The molecule has 1 aromatic rings. The second kappa shape index (κ2) is 3.91. The lowest BCUT2D eigenvalue weighted by molar-refractivity contribution is 0.209. The highest BCUT2D eigenvalue weighted by Crippen LogP contribution is 2.61. The SMILES string of the molecule is O=C(O)Nc1ccc(C2[C@H]3CSC[C@@H]23)c(F)c1. The molecule has 1 unspecified atom stereocenters. The molecule has 1 aliphatic carbocycles. The topological polar surface area (TPSA) is 49.3 Å². The van der Waals surface area contributed by atoms with E-state index in [0.29, 0.717) is 23.4 Å². The van der Waals surface area contributed by atoms with E-state index >= 15 is 0 Å². The molecule has 0 spiro atoms. The number of carbonyl (C=O) groups is 1. The summed E-state index contributed by atoms with van der Waals surface area (Å²) in [4.78, 5) is 10.4. The third-order valence-electron chi connectivity index (χ3n) is 3.56. The maximum Gasteiger partial charge on any atom is 0.409 e. The maximum absolute atomic E-state index is 13.9. The summed E-state index contributed by atoms with van der Waals surface area (Å²) in [5.41, 5.74) is 1.04. The molecular weight excluding hydrogens is 241 g/mol. The van der Waals surface area contributed by atoms with Crippen molar-refractivity contribution in [3.8, 4) is 0 Å². The molecule has 1 aromatic carbocycles. The molecular formula is C12H12FNO2S. The first-order chi connectivity index (χ1) is 8.16. The summed E-state index contributed by atoms with van der Waals surface area (Å²) >= 11 is 1.94. The quantitative estimate of drug-likeness (QED) is 0.851. The van der Waals surface area contributed by atoms with E-state index in [0.717, 1.165) is 17.1 Å². The van der Waals surface area contributed by atoms with Crippen LogP contribution in [0.15, 0.2) is 18.2 Å².